The van der Waals surface area contributed by atoms with Gasteiger partial charge < -0.3 is 14.7 Å². The van der Waals surface area contributed by atoms with Crippen molar-refractivity contribution < 1.29 is 38.9 Å². The summed E-state index contributed by atoms with van der Waals surface area (Å²) in [4.78, 5) is 85.4. The zero-order valence-electron chi connectivity index (χ0n) is 30.7. The van der Waals surface area contributed by atoms with Gasteiger partial charge in [-0.1, -0.05) is 65.7 Å². The largest absolute Gasteiger partial charge is 0.504 e. The molecule has 2 aliphatic carbocycles. The van der Waals surface area contributed by atoms with Crippen molar-refractivity contribution in [1.29, 1.82) is 0 Å². The lowest BCUT2D eigenvalue weighted by atomic mass is 9.49. The van der Waals surface area contributed by atoms with Crippen LogP contribution in [0.3, 0.4) is 0 Å². The number of benzene rings is 4. The van der Waals surface area contributed by atoms with E-state index in [2.05, 4.69) is 0 Å². The Hall–Kier alpha value is -6.61. The van der Waals surface area contributed by atoms with Crippen LogP contribution in [-0.2, 0) is 24.6 Å². The number of ether oxygens (including phenoxy) is 1. The van der Waals surface area contributed by atoms with Gasteiger partial charge in [-0.05, 0) is 60.2 Å². The van der Waals surface area contributed by atoms with Crippen LogP contribution in [0.5, 0.6) is 11.5 Å². The van der Waals surface area contributed by atoms with Crippen LogP contribution in [0.25, 0.3) is 0 Å². The second kappa shape index (κ2) is 13.5. The Bertz CT molecular complexity index is 2440. The van der Waals surface area contributed by atoms with Crippen molar-refractivity contribution in [3.63, 3.8) is 0 Å². The van der Waals surface area contributed by atoms with E-state index in [9.17, 15) is 39.7 Å². The van der Waals surface area contributed by atoms with Crippen LogP contribution >= 0.6 is 11.6 Å². The van der Waals surface area contributed by atoms with E-state index in [4.69, 9.17) is 16.3 Å². The first kappa shape index (κ1) is 37.3. The molecule has 0 aromatic heterocycles. The smallest absolute Gasteiger partial charge is 0.301 e. The molecule has 57 heavy (non-hydrogen) atoms. The molecular weight excluding hydrogens is 758 g/mol. The summed E-state index contributed by atoms with van der Waals surface area (Å²) in [5.74, 6) is -7.46. The number of halogens is 1. The minimum atomic E-state index is -1.59. The molecule has 15 nitrogen and oxygen atoms in total. The quantitative estimate of drug-likeness (QED) is 0.0911. The first-order chi connectivity index (χ1) is 27.2. The maximum Gasteiger partial charge on any atom is 0.301 e. The summed E-state index contributed by atoms with van der Waals surface area (Å²) >= 11 is 6.38. The second-order valence-electron chi connectivity index (χ2n) is 14.8. The number of hydrogen-bond acceptors (Lipinski definition) is 11. The van der Waals surface area contributed by atoms with E-state index in [0.717, 1.165) is 21.9 Å². The van der Waals surface area contributed by atoms with Crippen LogP contribution < -0.4 is 19.4 Å². The average Bonchev–Trinajstić information content (AvgIpc) is 3.58. The summed E-state index contributed by atoms with van der Waals surface area (Å²) in [5, 5.41) is 35.4. The van der Waals surface area contributed by atoms with E-state index in [1.54, 1.807) is 60.7 Å². The number of hydrogen-bond donors (Lipinski definition) is 1. The average molecular weight is 792 g/mol. The van der Waals surface area contributed by atoms with Gasteiger partial charge in [0.2, 0.25) is 23.6 Å². The number of fused-ring (bicyclic) bond motifs is 4. The van der Waals surface area contributed by atoms with E-state index >= 15 is 4.79 Å². The molecule has 4 aromatic carbocycles. The van der Waals surface area contributed by atoms with Crippen molar-refractivity contribution >= 4 is 63.7 Å². The normalized spacial score (nSPS) is 25.1. The standard InChI is InChI=1S/C41H34ClN5O10/c1-43(2)36-30(46(53)54)18-25(19-31(36)47(55)56)44-37(49)27-14-13-26-28(34(27)39(44)51)20-29-38(50)45(24-11-7-10-23(42)17-24)40(52)41(29,22-8-5-4-6-9-22)35(26)21-12-15-32(48)33(16-21)57-3/h4-13,15-19,27-29,34-35,48H,14,20H2,1-3H3. The van der Waals surface area contributed by atoms with Gasteiger partial charge in [0.15, 0.2) is 17.2 Å². The molecule has 3 fully saturated rings. The first-order valence-electron chi connectivity index (χ1n) is 18.0. The highest BCUT2D eigenvalue weighted by Gasteiger charge is 2.70. The lowest BCUT2D eigenvalue weighted by molar-refractivity contribution is -0.392. The molecule has 0 spiro atoms. The zero-order chi connectivity index (χ0) is 40.7. The number of nitro benzene ring substituents is 2. The monoisotopic (exact) mass is 791 g/mol. The van der Waals surface area contributed by atoms with Gasteiger partial charge in [-0.15, -0.1) is 0 Å². The van der Waals surface area contributed by atoms with Crippen molar-refractivity contribution in [2.75, 3.05) is 35.9 Å². The highest BCUT2D eigenvalue weighted by Crippen LogP contribution is 2.65. The number of anilines is 3. The number of nitrogens with zero attached hydrogens (tertiary/aromatic N) is 5. The van der Waals surface area contributed by atoms with E-state index in [0.29, 0.717) is 21.7 Å². The third-order valence-corrected chi connectivity index (χ3v) is 12.1. The van der Waals surface area contributed by atoms with Crippen LogP contribution in [0.15, 0.2) is 96.6 Å². The molecule has 2 saturated heterocycles. The molecule has 0 bridgehead atoms. The molecular formula is C41H34ClN5O10. The number of amides is 4. The number of nitro groups is 2. The predicted octanol–water partition coefficient (Wildman–Crippen LogP) is 6.30. The summed E-state index contributed by atoms with van der Waals surface area (Å²) in [5.41, 5.74) is -1.65. The molecule has 1 N–H and O–H groups in total. The molecule has 290 valence electrons. The molecule has 4 aromatic rings. The van der Waals surface area contributed by atoms with E-state index in [-0.39, 0.29) is 41.4 Å². The van der Waals surface area contributed by atoms with Crippen LogP contribution in [0, 0.1) is 43.9 Å². The summed E-state index contributed by atoms with van der Waals surface area (Å²) in [6.45, 7) is 0. The number of imide groups is 2. The Labute approximate surface area is 330 Å². The van der Waals surface area contributed by atoms with Crippen molar-refractivity contribution in [1.82, 2.24) is 0 Å². The summed E-state index contributed by atoms with van der Waals surface area (Å²) < 4.78 is 5.50. The van der Waals surface area contributed by atoms with Gasteiger partial charge in [0, 0.05) is 37.2 Å². The Morgan fingerprint density at radius 1 is 0.825 bits per heavy atom. The number of allylic oxidation sites excluding steroid dienone is 2. The van der Waals surface area contributed by atoms with Gasteiger partial charge in [0.05, 0.1) is 51.5 Å². The summed E-state index contributed by atoms with van der Waals surface area (Å²) in [7, 11) is 4.19. The second-order valence-corrected chi connectivity index (χ2v) is 15.2. The van der Waals surface area contributed by atoms with Gasteiger partial charge in [0.1, 0.15) is 0 Å². The molecule has 4 amide bonds. The highest BCUT2D eigenvalue weighted by molar-refractivity contribution is 6.32. The zero-order valence-corrected chi connectivity index (χ0v) is 31.5. The Balaban J connectivity index is 1.33. The van der Waals surface area contributed by atoms with E-state index < -0.39 is 79.9 Å². The predicted molar refractivity (Wildman–Crippen MR) is 207 cm³/mol. The molecule has 2 aliphatic heterocycles. The summed E-state index contributed by atoms with van der Waals surface area (Å²) in [6.07, 6.45) is 1.81. The SMILES string of the molecule is COc1cc(C2C3=CCC4C(=O)N(c5cc([N+](=O)[O-])c(N(C)C)c([N+](=O)[O-])c5)C(=O)C4C3CC3C(=O)N(c4cccc(Cl)c4)C(=O)C32c2ccccc2)ccc1O. The van der Waals surface area contributed by atoms with Crippen LogP contribution in [0.1, 0.15) is 29.9 Å². The van der Waals surface area contributed by atoms with Crippen LogP contribution in [0.4, 0.5) is 28.4 Å². The fraction of sp³-hybridized carbons (Fsp3) is 0.268. The lowest BCUT2D eigenvalue weighted by Gasteiger charge is -2.50. The fourth-order valence-electron chi connectivity index (χ4n) is 9.70. The van der Waals surface area contributed by atoms with Crippen LogP contribution in [-0.4, -0.2) is 59.8 Å². The summed E-state index contributed by atoms with van der Waals surface area (Å²) in [6, 6.07) is 21.9. The molecule has 4 aliphatic rings. The van der Waals surface area contributed by atoms with Gasteiger partial charge in [-0.3, -0.25) is 39.4 Å². The molecule has 0 radical (unpaired) electrons. The minimum Gasteiger partial charge on any atom is -0.504 e. The first-order valence-corrected chi connectivity index (χ1v) is 18.4. The van der Waals surface area contributed by atoms with Crippen LogP contribution in [0.2, 0.25) is 5.02 Å². The topological polar surface area (TPSA) is 194 Å². The number of phenolic OH excluding ortho intramolecular Hbond substituents is 1. The lowest BCUT2D eigenvalue weighted by Crippen LogP contribution is -2.53. The molecule has 8 rings (SSSR count). The Morgan fingerprint density at radius 2 is 1.51 bits per heavy atom. The maximum atomic E-state index is 15.4. The van der Waals surface area contributed by atoms with Gasteiger partial charge >= 0.3 is 11.4 Å². The number of methoxy groups -OCH3 is 1. The van der Waals surface area contributed by atoms with Gasteiger partial charge in [0.25, 0.3) is 0 Å². The Morgan fingerprint density at radius 3 is 2.12 bits per heavy atom. The number of carbonyl (C=O) groups excluding carboxylic acids is 4. The molecule has 2 heterocycles. The van der Waals surface area contributed by atoms with E-state index in [1.165, 1.54) is 38.2 Å². The third-order valence-electron chi connectivity index (χ3n) is 11.9. The van der Waals surface area contributed by atoms with E-state index in [1.807, 2.05) is 6.08 Å². The molecule has 16 heteroatoms. The highest BCUT2D eigenvalue weighted by atomic mass is 35.5. The van der Waals surface area contributed by atoms with Gasteiger partial charge in [-0.25, -0.2) is 9.80 Å². The minimum absolute atomic E-state index is 0.0267. The van der Waals surface area contributed by atoms with Crippen molar-refractivity contribution in [3.05, 3.63) is 133 Å². The fourth-order valence-corrected chi connectivity index (χ4v) is 9.89. The van der Waals surface area contributed by atoms with Crippen molar-refractivity contribution in [3.8, 4) is 11.5 Å². The number of rotatable bonds is 8. The Kier molecular flexibility index (Phi) is 8.87. The molecule has 6 unspecified atom stereocenters. The third kappa shape index (κ3) is 5.39. The number of carbonyl (C=O) groups is 4. The van der Waals surface area contributed by atoms with Crippen molar-refractivity contribution in [2.24, 2.45) is 23.7 Å². The number of phenols is 1. The molecule has 1 saturated carbocycles. The number of aromatic hydroxyl groups is 1. The molecule has 6 atom stereocenters. The maximum absolute atomic E-state index is 15.4. The van der Waals surface area contributed by atoms with Gasteiger partial charge in [-0.2, -0.15) is 0 Å². The van der Waals surface area contributed by atoms with Crippen molar-refractivity contribution in [2.45, 2.75) is 24.2 Å².